The first-order chi connectivity index (χ1) is 16.5. The van der Waals surface area contributed by atoms with Crippen LogP contribution in [0.5, 0.6) is 5.75 Å². The summed E-state index contributed by atoms with van der Waals surface area (Å²) in [5.74, 6) is -2.70. The van der Waals surface area contributed by atoms with Gasteiger partial charge >= 0.3 is 6.18 Å². The number of aromatic amines is 1. The third kappa shape index (κ3) is 5.67. The van der Waals surface area contributed by atoms with Crippen molar-refractivity contribution in [3.63, 3.8) is 0 Å². The zero-order valence-electron chi connectivity index (χ0n) is 18.4. The maximum absolute atomic E-state index is 14.1. The first-order valence-electron chi connectivity index (χ1n) is 10.7. The van der Waals surface area contributed by atoms with Gasteiger partial charge in [0.25, 0.3) is 11.5 Å². The summed E-state index contributed by atoms with van der Waals surface area (Å²) in [4.78, 5) is 31.7. The number of benzene rings is 2. The van der Waals surface area contributed by atoms with Crippen molar-refractivity contribution in [3.05, 3.63) is 92.7 Å². The molecule has 1 heterocycles. The molecule has 1 unspecified atom stereocenters. The van der Waals surface area contributed by atoms with E-state index >= 15 is 0 Å². The molecule has 1 amide bonds. The number of hydrogen-bond acceptors (Lipinski definition) is 4. The number of aromatic nitrogens is 2. The number of halogens is 5. The van der Waals surface area contributed by atoms with Gasteiger partial charge in [-0.05, 0) is 54.2 Å². The van der Waals surface area contributed by atoms with Crippen molar-refractivity contribution in [1.82, 2.24) is 15.3 Å². The molecule has 4 rings (SSSR count). The highest BCUT2D eigenvalue weighted by Crippen LogP contribution is 2.42. The molecule has 6 nitrogen and oxygen atoms in total. The molecule has 1 aromatic heterocycles. The van der Waals surface area contributed by atoms with E-state index in [0.29, 0.717) is 24.5 Å². The molecule has 184 valence electrons. The van der Waals surface area contributed by atoms with Crippen LogP contribution in [-0.4, -0.2) is 23.0 Å². The van der Waals surface area contributed by atoms with Gasteiger partial charge in [-0.1, -0.05) is 12.1 Å². The van der Waals surface area contributed by atoms with Crippen LogP contribution in [0, 0.1) is 17.6 Å². The van der Waals surface area contributed by atoms with E-state index in [1.807, 2.05) is 0 Å². The van der Waals surface area contributed by atoms with Crippen molar-refractivity contribution >= 4 is 5.91 Å². The quantitative estimate of drug-likeness (QED) is 0.473. The largest absolute Gasteiger partial charge is 0.494 e. The molecule has 0 bridgehead atoms. The molecule has 3 aromatic rings. The third-order valence-corrected chi connectivity index (χ3v) is 5.65. The summed E-state index contributed by atoms with van der Waals surface area (Å²) in [6.07, 6.45) is -3.41. The number of hydrogen-bond donors (Lipinski definition) is 2. The summed E-state index contributed by atoms with van der Waals surface area (Å²) >= 11 is 0. The average molecular weight is 493 g/mol. The van der Waals surface area contributed by atoms with E-state index in [4.69, 9.17) is 4.74 Å². The maximum Gasteiger partial charge on any atom is 0.419 e. The SMILES string of the molecule is COc1ccc(Cc2nc(C(=O)NC(c3ccc(C(F)(F)F)c(F)c3)C3CC3)cc(=O)[nH]2)cc1F. The molecular weight excluding hydrogens is 473 g/mol. The number of nitrogens with zero attached hydrogens (tertiary/aromatic N) is 1. The van der Waals surface area contributed by atoms with Crippen LogP contribution in [0.3, 0.4) is 0 Å². The van der Waals surface area contributed by atoms with Crippen molar-refractivity contribution in [2.24, 2.45) is 5.92 Å². The van der Waals surface area contributed by atoms with Gasteiger partial charge in [0, 0.05) is 12.5 Å². The van der Waals surface area contributed by atoms with Crippen molar-refractivity contribution in [3.8, 4) is 5.75 Å². The van der Waals surface area contributed by atoms with Gasteiger partial charge in [-0.2, -0.15) is 13.2 Å². The Morgan fingerprint density at radius 3 is 2.49 bits per heavy atom. The second-order valence-corrected chi connectivity index (χ2v) is 8.25. The fourth-order valence-electron chi connectivity index (χ4n) is 3.79. The van der Waals surface area contributed by atoms with E-state index in [2.05, 4.69) is 15.3 Å². The molecule has 2 N–H and O–H groups in total. The molecule has 1 atom stereocenters. The lowest BCUT2D eigenvalue weighted by Crippen LogP contribution is -2.32. The van der Waals surface area contributed by atoms with Gasteiger partial charge in [0.15, 0.2) is 11.6 Å². The second kappa shape index (κ2) is 9.47. The number of rotatable bonds is 7. The molecule has 0 radical (unpaired) electrons. The molecule has 1 aliphatic carbocycles. The van der Waals surface area contributed by atoms with Gasteiger partial charge in [-0.3, -0.25) is 9.59 Å². The highest BCUT2D eigenvalue weighted by Gasteiger charge is 2.37. The molecule has 0 saturated heterocycles. The first kappa shape index (κ1) is 24.4. The minimum atomic E-state index is -4.83. The van der Waals surface area contributed by atoms with Gasteiger partial charge < -0.3 is 15.0 Å². The Hall–Kier alpha value is -3.76. The fraction of sp³-hybridized carbons (Fsp3) is 0.292. The number of carbonyl (C=O) groups is 1. The third-order valence-electron chi connectivity index (χ3n) is 5.65. The number of ether oxygens (including phenoxy) is 1. The Morgan fingerprint density at radius 1 is 1.14 bits per heavy atom. The number of amides is 1. The summed E-state index contributed by atoms with van der Waals surface area (Å²) in [5, 5.41) is 2.66. The molecule has 1 fully saturated rings. The van der Waals surface area contributed by atoms with Crippen molar-refractivity contribution in [2.45, 2.75) is 31.5 Å². The normalized spacial score (nSPS) is 14.5. The standard InChI is InChI=1S/C24H20F5N3O3/c1-35-19-7-2-12(8-17(19)26)9-20-30-18(11-21(33)31-20)23(34)32-22(13-3-4-13)14-5-6-15(16(25)10-14)24(27,28)29/h2,5-8,10-11,13,22H,3-4,9H2,1H3,(H,32,34)(H,30,31,33). The van der Waals surface area contributed by atoms with Crippen LogP contribution in [0.15, 0.2) is 47.3 Å². The van der Waals surface area contributed by atoms with E-state index in [-0.39, 0.29) is 35.2 Å². The van der Waals surface area contributed by atoms with Crippen LogP contribution in [0.4, 0.5) is 22.0 Å². The van der Waals surface area contributed by atoms with Crippen molar-refractivity contribution < 1.29 is 31.5 Å². The van der Waals surface area contributed by atoms with Gasteiger partial charge in [-0.15, -0.1) is 0 Å². The van der Waals surface area contributed by atoms with Crippen molar-refractivity contribution in [2.75, 3.05) is 7.11 Å². The zero-order chi connectivity index (χ0) is 25.3. The Kier molecular flexibility index (Phi) is 6.60. The van der Waals surface area contributed by atoms with Crippen LogP contribution in [0.1, 0.15) is 51.9 Å². The lowest BCUT2D eigenvalue weighted by atomic mass is 10.00. The topological polar surface area (TPSA) is 84.1 Å². The summed E-state index contributed by atoms with van der Waals surface area (Å²) in [7, 11) is 1.33. The lowest BCUT2D eigenvalue weighted by Gasteiger charge is -2.20. The molecule has 2 aromatic carbocycles. The molecule has 11 heteroatoms. The summed E-state index contributed by atoms with van der Waals surface area (Å²) < 4.78 is 71.7. The van der Waals surface area contributed by atoms with E-state index in [9.17, 15) is 31.5 Å². The Morgan fingerprint density at radius 2 is 1.89 bits per heavy atom. The van der Waals surface area contributed by atoms with E-state index in [0.717, 1.165) is 18.2 Å². The van der Waals surface area contributed by atoms with Crippen LogP contribution in [0.2, 0.25) is 0 Å². The number of methoxy groups -OCH3 is 1. The molecule has 0 aliphatic heterocycles. The number of alkyl halides is 3. The molecule has 1 aliphatic rings. The van der Waals surface area contributed by atoms with Gasteiger partial charge in [0.2, 0.25) is 0 Å². The fourth-order valence-corrected chi connectivity index (χ4v) is 3.79. The smallest absolute Gasteiger partial charge is 0.419 e. The van der Waals surface area contributed by atoms with Crippen LogP contribution < -0.4 is 15.6 Å². The molecule has 0 spiro atoms. The zero-order valence-corrected chi connectivity index (χ0v) is 18.4. The number of nitrogens with one attached hydrogen (secondary N) is 2. The Balaban J connectivity index is 1.56. The molecule has 35 heavy (non-hydrogen) atoms. The Bertz CT molecular complexity index is 1320. The van der Waals surface area contributed by atoms with Gasteiger partial charge in [0.1, 0.15) is 17.3 Å². The highest BCUT2D eigenvalue weighted by molar-refractivity contribution is 5.92. The minimum Gasteiger partial charge on any atom is -0.494 e. The predicted octanol–water partition coefficient (Wildman–Crippen LogP) is 4.55. The van der Waals surface area contributed by atoms with Crippen LogP contribution in [-0.2, 0) is 12.6 Å². The van der Waals surface area contributed by atoms with Gasteiger partial charge in [-0.25, -0.2) is 13.8 Å². The number of H-pyrrole nitrogens is 1. The summed E-state index contributed by atoms with van der Waals surface area (Å²) in [6, 6.07) is 6.98. The van der Waals surface area contributed by atoms with E-state index in [1.54, 1.807) is 6.07 Å². The summed E-state index contributed by atoms with van der Waals surface area (Å²) in [5.41, 5.74) is -1.57. The highest BCUT2D eigenvalue weighted by atomic mass is 19.4. The number of carbonyl (C=O) groups excluding carboxylic acids is 1. The first-order valence-corrected chi connectivity index (χ1v) is 10.7. The predicted molar refractivity (Wildman–Crippen MR) is 115 cm³/mol. The van der Waals surface area contributed by atoms with Gasteiger partial charge in [0.05, 0.1) is 18.7 Å². The van der Waals surface area contributed by atoms with Crippen LogP contribution >= 0.6 is 0 Å². The molecular formula is C24H20F5N3O3. The Labute approximate surface area is 196 Å². The maximum atomic E-state index is 14.1. The second-order valence-electron chi connectivity index (χ2n) is 8.25. The monoisotopic (exact) mass is 493 g/mol. The summed E-state index contributed by atoms with van der Waals surface area (Å²) in [6.45, 7) is 0. The van der Waals surface area contributed by atoms with E-state index < -0.39 is 40.9 Å². The van der Waals surface area contributed by atoms with E-state index in [1.165, 1.54) is 19.2 Å². The minimum absolute atomic E-state index is 0.0213. The van der Waals surface area contributed by atoms with Crippen molar-refractivity contribution in [1.29, 1.82) is 0 Å². The average Bonchev–Trinajstić information content (AvgIpc) is 3.61. The lowest BCUT2D eigenvalue weighted by molar-refractivity contribution is -0.140. The molecule has 1 saturated carbocycles. The van der Waals surface area contributed by atoms with Crippen LogP contribution in [0.25, 0.3) is 0 Å².